The fourth-order valence-corrected chi connectivity index (χ4v) is 3.99. The van der Waals surface area contributed by atoms with Crippen LogP contribution in [0.3, 0.4) is 0 Å². The van der Waals surface area contributed by atoms with Gasteiger partial charge in [0, 0.05) is 12.1 Å². The molecule has 0 saturated carbocycles. The molecule has 0 bridgehead atoms. The fraction of sp³-hybridized carbons (Fsp3) is 0.250. The molecule has 6 heteroatoms. The molecule has 3 aromatic rings. The molecule has 0 aliphatic rings. The third kappa shape index (κ3) is 4.59. The third-order valence-corrected chi connectivity index (χ3v) is 5.77. The van der Waals surface area contributed by atoms with Gasteiger partial charge in [-0.1, -0.05) is 48.5 Å². The van der Waals surface area contributed by atoms with E-state index in [1.165, 1.54) is 0 Å². The van der Waals surface area contributed by atoms with E-state index in [9.17, 15) is 13.2 Å². The zero-order chi connectivity index (χ0) is 18.6. The van der Waals surface area contributed by atoms with Crippen molar-refractivity contribution in [1.82, 2.24) is 9.71 Å². The van der Waals surface area contributed by atoms with E-state index in [1.54, 1.807) is 0 Å². The van der Waals surface area contributed by atoms with Gasteiger partial charge < -0.3 is 4.98 Å². The number of aromatic nitrogens is 1. The summed E-state index contributed by atoms with van der Waals surface area (Å²) in [6, 6.07) is 17.2. The number of rotatable bonds is 7. The first-order valence-electron chi connectivity index (χ1n) is 8.57. The summed E-state index contributed by atoms with van der Waals surface area (Å²) in [5, 5.41) is 0.950. The molecule has 1 aromatic heterocycles. The molecular weight excluding hydrogens is 348 g/mol. The Morgan fingerprint density at radius 3 is 2.54 bits per heavy atom. The molecule has 0 aliphatic carbocycles. The van der Waals surface area contributed by atoms with E-state index in [-0.39, 0.29) is 17.9 Å². The van der Waals surface area contributed by atoms with Gasteiger partial charge in [-0.3, -0.25) is 4.79 Å². The Morgan fingerprint density at radius 1 is 1.00 bits per heavy atom. The van der Waals surface area contributed by atoms with Gasteiger partial charge in [0.1, 0.15) is 0 Å². The van der Waals surface area contributed by atoms with Crippen LogP contribution < -0.4 is 10.3 Å². The first-order chi connectivity index (χ1) is 12.4. The number of para-hydroxylation sites is 1. The molecule has 2 aromatic carbocycles. The monoisotopic (exact) mass is 370 g/mol. The van der Waals surface area contributed by atoms with Crippen molar-refractivity contribution < 1.29 is 8.42 Å². The molecule has 2 N–H and O–H groups in total. The molecule has 0 amide bonds. The van der Waals surface area contributed by atoms with Gasteiger partial charge in [-0.15, -0.1) is 0 Å². The van der Waals surface area contributed by atoms with Gasteiger partial charge in [0.25, 0.3) is 5.56 Å². The Bertz CT molecular complexity index is 1060. The molecule has 0 spiro atoms. The van der Waals surface area contributed by atoms with Gasteiger partial charge in [-0.25, -0.2) is 13.1 Å². The van der Waals surface area contributed by atoms with Crippen LogP contribution in [-0.2, 0) is 22.9 Å². The second-order valence-electron chi connectivity index (χ2n) is 6.36. The Balaban J connectivity index is 1.61. The summed E-state index contributed by atoms with van der Waals surface area (Å²) in [5.74, 6) is 0.0320. The van der Waals surface area contributed by atoms with E-state index in [4.69, 9.17) is 0 Å². The molecule has 5 nitrogen and oxygen atoms in total. The summed E-state index contributed by atoms with van der Waals surface area (Å²) in [6.45, 7) is 2.15. The average molecular weight is 370 g/mol. The van der Waals surface area contributed by atoms with Crippen LogP contribution in [0.4, 0.5) is 0 Å². The second-order valence-corrected chi connectivity index (χ2v) is 8.29. The molecule has 0 atom stereocenters. The number of hydrogen-bond acceptors (Lipinski definition) is 3. The standard InChI is InChI=1S/C20H22N2O3S/c1-15-6-5-9-17-14-18(20(23)22-19(15)17)10-12-21-26(24,25)13-11-16-7-3-2-4-8-16/h2-9,14,21H,10-13H2,1H3,(H,22,23). The Labute approximate surface area is 153 Å². The van der Waals surface area contributed by atoms with Gasteiger partial charge in [-0.05, 0) is 42.3 Å². The maximum Gasteiger partial charge on any atom is 0.251 e. The van der Waals surface area contributed by atoms with Crippen LogP contribution in [-0.4, -0.2) is 25.7 Å². The molecule has 3 rings (SSSR count). The molecule has 0 saturated heterocycles. The third-order valence-electron chi connectivity index (χ3n) is 4.38. The largest absolute Gasteiger partial charge is 0.321 e. The SMILES string of the molecule is Cc1cccc2cc(CCNS(=O)(=O)CCc3ccccc3)c(=O)[nH]c12. The molecular formula is C20H22N2O3S. The number of hydrogen-bond donors (Lipinski definition) is 2. The molecule has 136 valence electrons. The topological polar surface area (TPSA) is 79.0 Å². The van der Waals surface area contributed by atoms with Crippen molar-refractivity contribution in [3.63, 3.8) is 0 Å². The summed E-state index contributed by atoms with van der Waals surface area (Å²) in [7, 11) is -3.37. The van der Waals surface area contributed by atoms with Gasteiger partial charge >= 0.3 is 0 Å². The predicted molar refractivity (Wildman–Crippen MR) is 105 cm³/mol. The number of aromatic amines is 1. The lowest BCUT2D eigenvalue weighted by atomic mass is 10.1. The number of nitrogens with one attached hydrogen (secondary N) is 2. The highest BCUT2D eigenvalue weighted by Crippen LogP contribution is 2.15. The van der Waals surface area contributed by atoms with E-state index in [0.717, 1.165) is 22.0 Å². The van der Waals surface area contributed by atoms with Crippen molar-refractivity contribution in [1.29, 1.82) is 0 Å². The highest BCUT2D eigenvalue weighted by molar-refractivity contribution is 7.89. The van der Waals surface area contributed by atoms with E-state index in [2.05, 4.69) is 9.71 Å². The van der Waals surface area contributed by atoms with Gasteiger partial charge in [0.2, 0.25) is 10.0 Å². The molecule has 0 radical (unpaired) electrons. The minimum Gasteiger partial charge on any atom is -0.321 e. The van der Waals surface area contributed by atoms with E-state index >= 15 is 0 Å². The van der Waals surface area contributed by atoms with Gasteiger partial charge in [0.15, 0.2) is 0 Å². The van der Waals surface area contributed by atoms with E-state index < -0.39 is 10.0 Å². The number of aryl methyl sites for hydroxylation is 2. The van der Waals surface area contributed by atoms with Crippen molar-refractivity contribution >= 4 is 20.9 Å². The van der Waals surface area contributed by atoms with Gasteiger partial charge in [0.05, 0.1) is 11.3 Å². The van der Waals surface area contributed by atoms with Crippen LogP contribution in [0.15, 0.2) is 59.4 Å². The zero-order valence-electron chi connectivity index (χ0n) is 14.7. The quantitative estimate of drug-likeness (QED) is 0.671. The summed E-state index contributed by atoms with van der Waals surface area (Å²) < 4.78 is 26.9. The van der Waals surface area contributed by atoms with Crippen molar-refractivity contribution in [2.75, 3.05) is 12.3 Å². The number of benzene rings is 2. The van der Waals surface area contributed by atoms with Crippen LogP contribution in [0, 0.1) is 6.92 Å². The zero-order valence-corrected chi connectivity index (χ0v) is 15.5. The van der Waals surface area contributed by atoms with Gasteiger partial charge in [-0.2, -0.15) is 0 Å². The number of fused-ring (bicyclic) bond motifs is 1. The normalized spacial score (nSPS) is 11.7. The molecule has 0 aliphatic heterocycles. The number of sulfonamides is 1. The summed E-state index contributed by atoms with van der Waals surface area (Å²) in [5.41, 5.74) is 3.22. The fourth-order valence-electron chi connectivity index (χ4n) is 2.92. The van der Waals surface area contributed by atoms with Crippen molar-refractivity contribution in [2.24, 2.45) is 0 Å². The van der Waals surface area contributed by atoms with Crippen LogP contribution in [0.2, 0.25) is 0 Å². The Kier molecular flexibility index (Phi) is 5.54. The van der Waals surface area contributed by atoms with Crippen LogP contribution in [0.5, 0.6) is 0 Å². The highest BCUT2D eigenvalue weighted by Gasteiger charge is 2.11. The lowest BCUT2D eigenvalue weighted by molar-refractivity contribution is 0.580. The van der Waals surface area contributed by atoms with Crippen LogP contribution in [0.1, 0.15) is 16.7 Å². The Morgan fingerprint density at radius 2 is 1.77 bits per heavy atom. The first kappa shape index (κ1) is 18.4. The minimum atomic E-state index is -3.37. The highest BCUT2D eigenvalue weighted by atomic mass is 32.2. The van der Waals surface area contributed by atoms with Crippen LogP contribution in [0.25, 0.3) is 10.9 Å². The van der Waals surface area contributed by atoms with E-state index in [1.807, 2.05) is 61.5 Å². The molecule has 0 unspecified atom stereocenters. The average Bonchev–Trinajstić information content (AvgIpc) is 2.62. The maximum absolute atomic E-state index is 12.2. The minimum absolute atomic E-state index is 0.0320. The Hall–Kier alpha value is -2.44. The van der Waals surface area contributed by atoms with Crippen LogP contribution >= 0.6 is 0 Å². The second kappa shape index (κ2) is 7.85. The lowest BCUT2D eigenvalue weighted by Crippen LogP contribution is -2.30. The summed E-state index contributed by atoms with van der Waals surface area (Å²) in [4.78, 5) is 15.1. The van der Waals surface area contributed by atoms with Crippen molar-refractivity contribution in [2.45, 2.75) is 19.8 Å². The predicted octanol–water partition coefficient (Wildman–Crippen LogP) is 2.54. The van der Waals surface area contributed by atoms with E-state index in [0.29, 0.717) is 18.4 Å². The summed E-state index contributed by atoms with van der Waals surface area (Å²) >= 11 is 0. The molecule has 26 heavy (non-hydrogen) atoms. The smallest absolute Gasteiger partial charge is 0.251 e. The van der Waals surface area contributed by atoms with Crippen molar-refractivity contribution in [3.8, 4) is 0 Å². The molecule has 1 heterocycles. The number of H-pyrrole nitrogens is 1. The number of pyridine rings is 1. The maximum atomic E-state index is 12.2. The summed E-state index contributed by atoms with van der Waals surface area (Å²) in [6.07, 6.45) is 0.815. The lowest BCUT2D eigenvalue weighted by Gasteiger charge is -2.08. The molecule has 0 fully saturated rings. The first-order valence-corrected chi connectivity index (χ1v) is 10.2. The van der Waals surface area contributed by atoms with Crippen molar-refractivity contribution in [3.05, 3.63) is 81.6 Å².